The summed E-state index contributed by atoms with van der Waals surface area (Å²) in [5.41, 5.74) is -0.707. The molecule has 0 aromatic heterocycles. The van der Waals surface area contributed by atoms with E-state index in [0.717, 1.165) is 17.0 Å². The van der Waals surface area contributed by atoms with E-state index in [0.29, 0.717) is 19.3 Å². The molecule has 2 rings (SSSR count). The summed E-state index contributed by atoms with van der Waals surface area (Å²) in [6.45, 7) is 0.185. The van der Waals surface area contributed by atoms with Gasteiger partial charge in [-0.05, 0) is 31.4 Å². The number of hydrogen-bond donors (Lipinski definition) is 1. The van der Waals surface area contributed by atoms with E-state index >= 15 is 0 Å². The second-order valence-electron chi connectivity index (χ2n) is 4.59. The fourth-order valence-corrected chi connectivity index (χ4v) is 2.72. The summed E-state index contributed by atoms with van der Waals surface area (Å²) in [5.74, 6) is -4.08. The molecule has 1 amide bonds. The van der Waals surface area contributed by atoms with Crippen LogP contribution in [0.3, 0.4) is 0 Å². The van der Waals surface area contributed by atoms with E-state index in [1.165, 1.54) is 0 Å². The first-order valence-corrected chi connectivity index (χ1v) is 6.89. The summed E-state index contributed by atoms with van der Waals surface area (Å²) < 4.78 is 27.7. The second-order valence-corrected chi connectivity index (χ2v) is 5.51. The molecule has 1 aliphatic heterocycles. The van der Waals surface area contributed by atoms with E-state index in [1.807, 2.05) is 0 Å². The summed E-state index contributed by atoms with van der Waals surface area (Å²) in [4.78, 5) is 24.4. The zero-order chi connectivity index (χ0) is 14.9. The molecule has 0 saturated carbocycles. The monoisotopic (exact) mass is 347 g/mol. The van der Waals surface area contributed by atoms with Gasteiger partial charge in [0.1, 0.15) is 23.2 Å². The van der Waals surface area contributed by atoms with Crippen LogP contribution in [-0.4, -0.2) is 34.5 Å². The number of carboxylic acid groups (broad SMARTS) is 1. The number of nitrogens with zero attached hydrogens (tertiary/aromatic N) is 1. The maximum Gasteiger partial charge on any atom is 0.326 e. The minimum atomic E-state index is -1.16. The molecule has 1 fully saturated rings. The number of carboxylic acids is 1. The Labute approximate surface area is 122 Å². The van der Waals surface area contributed by atoms with E-state index in [-0.39, 0.29) is 11.0 Å². The van der Waals surface area contributed by atoms with Crippen LogP contribution >= 0.6 is 15.9 Å². The van der Waals surface area contributed by atoms with Crippen LogP contribution in [-0.2, 0) is 4.79 Å². The molecule has 1 heterocycles. The lowest BCUT2D eigenvalue weighted by atomic mass is 10.0. The first-order chi connectivity index (χ1) is 9.41. The van der Waals surface area contributed by atoms with Crippen molar-refractivity contribution in [3.8, 4) is 0 Å². The summed E-state index contributed by atoms with van der Waals surface area (Å²) >= 11 is 2.93. The molecule has 1 atom stereocenters. The summed E-state index contributed by atoms with van der Waals surface area (Å²) in [6.07, 6.45) is 1.59. The first kappa shape index (κ1) is 14.9. The quantitative estimate of drug-likeness (QED) is 0.894. The minimum Gasteiger partial charge on any atom is -0.480 e. The first-order valence-electron chi connectivity index (χ1n) is 6.10. The summed E-state index contributed by atoms with van der Waals surface area (Å²) in [5, 5.41) is 9.10. The number of carbonyl (C=O) groups excluding carboxylic acids is 1. The van der Waals surface area contributed by atoms with Crippen LogP contribution in [0, 0.1) is 11.6 Å². The lowest BCUT2D eigenvalue weighted by Crippen LogP contribution is -2.48. The molecule has 1 N–H and O–H groups in total. The number of rotatable bonds is 2. The van der Waals surface area contributed by atoms with Gasteiger partial charge in [0.15, 0.2) is 0 Å². The highest BCUT2D eigenvalue weighted by molar-refractivity contribution is 9.10. The zero-order valence-corrected chi connectivity index (χ0v) is 12.0. The van der Waals surface area contributed by atoms with Gasteiger partial charge in [0.05, 0.1) is 0 Å². The Kier molecular flexibility index (Phi) is 4.37. The second kappa shape index (κ2) is 5.87. The normalized spacial score (nSPS) is 18.9. The number of piperidine rings is 1. The van der Waals surface area contributed by atoms with Crippen molar-refractivity contribution in [1.29, 1.82) is 0 Å². The number of benzene rings is 1. The average Bonchev–Trinajstić information content (AvgIpc) is 2.37. The number of amides is 1. The Morgan fingerprint density at radius 1 is 1.25 bits per heavy atom. The van der Waals surface area contributed by atoms with E-state index < -0.39 is 35.1 Å². The van der Waals surface area contributed by atoms with Crippen molar-refractivity contribution >= 4 is 27.8 Å². The van der Waals surface area contributed by atoms with Gasteiger partial charge < -0.3 is 10.0 Å². The van der Waals surface area contributed by atoms with Crippen LogP contribution in [0.1, 0.15) is 29.6 Å². The average molecular weight is 348 g/mol. The van der Waals surface area contributed by atoms with E-state index in [1.54, 1.807) is 0 Å². The lowest BCUT2D eigenvalue weighted by Gasteiger charge is -2.33. The van der Waals surface area contributed by atoms with Gasteiger partial charge in [-0.1, -0.05) is 15.9 Å². The largest absolute Gasteiger partial charge is 0.480 e. The van der Waals surface area contributed by atoms with Crippen LogP contribution in [0.4, 0.5) is 8.78 Å². The van der Waals surface area contributed by atoms with E-state index in [4.69, 9.17) is 5.11 Å². The molecule has 7 heteroatoms. The molecule has 108 valence electrons. The van der Waals surface area contributed by atoms with Crippen molar-refractivity contribution in [1.82, 2.24) is 4.90 Å². The molecule has 1 aromatic carbocycles. The van der Waals surface area contributed by atoms with Crippen LogP contribution in [0.2, 0.25) is 0 Å². The summed E-state index contributed by atoms with van der Waals surface area (Å²) in [7, 11) is 0. The predicted molar refractivity (Wildman–Crippen MR) is 70.4 cm³/mol. The molecule has 0 unspecified atom stereocenters. The molecule has 1 saturated heterocycles. The number of halogens is 3. The third-order valence-electron chi connectivity index (χ3n) is 3.27. The zero-order valence-electron chi connectivity index (χ0n) is 10.4. The Hall–Kier alpha value is -1.50. The maximum atomic E-state index is 13.8. The standard InChI is InChI=1S/C13H12BrF2NO3/c14-7-5-8(15)11(9(16)6-7)12(18)17-4-2-1-3-10(17)13(19)20/h5-6,10H,1-4H2,(H,19,20)/t10-/m0/s1. The van der Waals surface area contributed by atoms with Gasteiger partial charge in [-0.25, -0.2) is 13.6 Å². The highest BCUT2D eigenvalue weighted by atomic mass is 79.9. The smallest absolute Gasteiger partial charge is 0.326 e. The van der Waals surface area contributed by atoms with Crippen molar-refractivity contribution in [2.24, 2.45) is 0 Å². The molecule has 20 heavy (non-hydrogen) atoms. The van der Waals surface area contributed by atoms with Gasteiger partial charge in [-0.15, -0.1) is 0 Å². The third kappa shape index (κ3) is 2.82. The highest BCUT2D eigenvalue weighted by Crippen LogP contribution is 2.25. The van der Waals surface area contributed by atoms with Crippen LogP contribution in [0.15, 0.2) is 16.6 Å². The topological polar surface area (TPSA) is 57.6 Å². The minimum absolute atomic E-state index is 0.178. The van der Waals surface area contributed by atoms with Gasteiger partial charge >= 0.3 is 5.97 Å². The lowest BCUT2D eigenvalue weighted by molar-refractivity contribution is -0.143. The number of carbonyl (C=O) groups is 2. The Balaban J connectivity index is 2.37. The molecule has 0 spiro atoms. The van der Waals surface area contributed by atoms with Gasteiger partial charge in [0.25, 0.3) is 5.91 Å². The molecule has 1 aromatic rings. The van der Waals surface area contributed by atoms with Crippen molar-refractivity contribution < 1.29 is 23.5 Å². The van der Waals surface area contributed by atoms with Crippen molar-refractivity contribution in [3.05, 3.63) is 33.8 Å². The number of likely N-dealkylation sites (tertiary alicyclic amines) is 1. The van der Waals surface area contributed by atoms with Gasteiger partial charge in [0.2, 0.25) is 0 Å². The van der Waals surface area contributed by atoms with Crippen LogP contribution < -0.4 is 0 Å². The van der Waals surface area contributed by atoms with Crippen LogP contribution in [0.5, 0.6) is 0 Å². The fourth-order valence-electron chi connectivity index (χ4n) is 2.32. The number of aliphatic carboxylic acids is 1. The molecule has 1 aliphatic rings. The third-order valence-corrected chi connectivity index (χ3v) is 3.73. The van der Waals surface area contributed by atoms with Gasteiger partial charge in [0, 0.05) is 11.0 Å². The molecule has 0 radical (unpaired) electrons. The molecule has 0 bridgehead atoms. The molecular weight excluding hydrogens is 336 g/mol. The fraction of sp³-hybridized carbons (Fsp3) is 0.385. The van der Waals surface area contributed by atoms with Crippen molar-refractivity contribution in [2.45, 2.75) is 25.3 Å². The number of hydrogen-bond acceptors (Lipinski definition) is 2. The SMILES string of the molecule is O=C(O)[C@@H]1CCCCN1C(=O)c1c(F)cc(Br)cc1F. The molecule has 4 nitrogen and oxygen atoms in total. The molecular formula is C13H12BrF2NO3. The summed E-state index contributed by atoms with van der Waals surface area (Å²) in [6, 6.07) is 0.935. The Morgan fingerprint density at radius 2 is 1.85 bits per heavy atom. The van der Waals surface area contributed by atoms with Gasteiger partial charge in [-0.2, -0.15) is 0 Å². The van der Waals surface area contributed by atoms with E-state index in [2.05, 4.69) is 15.9 Å². The molecule has 0 aliphatic carbocycles. The van der Waals surface area contributed by atoms with Crippen molar-refractivity contribution in [2.75, 3.05) is 6.54 Å². The predicted octanol–water partition coefficient (Wildman–Crippen LogP) is 2.81. The maximum absolute atomic E-state index is 13.8. The van der Waals surface area contributed by atoms with Crippen molar-refractivity contribution in [3.63, 3.8) is 0 Å². The van der Waals surface area contributed by atoms with Gasteiger partial charge in [-0.3, -0.25) is 4.79 Å². The van der Waals surface area contributed by atoms with E-state index in [9.17, 15) is 18.4 Å². The Morgan fingerprint density at radius 3 is 2.40 bits per heavy atom. The van der Waals surface area contributed by atoms with Crippen LogP contribution in [0.25, 0.3) is 0 Å². The Bertz CT molecular complexity index is 542. The highest BCUT2D eigenvalue weighted by Gasteiger charge is 2.34.